The van der Waals surface area contributed by atoms with Gasteiger partial charge in [0.2, 0.25) is 0 Å². The second-order valence-corrected chi connectivity index (χ2v) is 6.56. The van der Waals surface area contributed by atoms with E-state index < -0.39 is 6.10 Å². The first kappa shape index (κ1) is 26.0. The second kappa shape index (κ2) is 16.0. The van der Waals surface area contributed by atoms with Crippen molar-refractivity contribution in [2.45, 2.75) is 59.9 Å². The van der Waals surface area contributed by atoms with Crippen molar-refractivity contribution < 1.29 is 19.4 Å². The number of hydrogen-bond acceptors (Lipinski definition) is 4. The summed E-state index contributed by atoms with van der Waals surface area (Å²) >= 11 is 0. The van der Waals surface area contributed by atoms with E-state index >= 15 is 0 Å². The van der Waals surface area contributed by atoms with Crippen LogP contribution in [0.3, 0.4) is 0 Å². The lowest BCUT2D eigenvalue weighted by molar-refractivity contribution is 0.0300. The van der Waals surface area contributed by atoms with Crippen LogP contribution in [0.25, 0.3) is 0 Å². The zero-order valence-electron chi connectivity index (χ0n) is 18.1. The fraction of sp³-hybridized carbons (Fsp3) is 0.458. The quantitative estimate of drug-likeness (QED) is 0.639. The van der Waals surface area contributed by atoms with E-state index in [1.165, 1.54) is 0 Å². The lowest BCUT2D eigenvalue weighted by Crippen LogP contribution is -2.11. The topological polar surface area (TPSA) is 55.8 Å². The average molecular weight is 389 g/mol. The number of rotatable bonds is 7. The van der Waals surface area contributed by atoms with Crippen LogP contribution in [0, 0.1) is 0 Å². The lowest BCUT2D eigenvalue weighted by Gasteiger charge is -2.09. The molecule has 0 amide bonds. The molecule has 0 aliphatic heterocycles. The van der Waals surface area contributed by atoms with E-state index in [-0.39, 0.29) is 5.78 Å². The zero-order chi connectivity index (χ0) is 21.4. The Kier molecular flexibility index (Phi) is 14.8. The Hall–Kier alpha value is -2.01. The Morgan fingerprint density at radius 1 is 0.821 bits per heavy atom. The van der Waals surface area contributed by atoms with Crippen molar-refractivity contribution in [1.82, 2.24) is 0 Å². The maximum atomic E-state index is 11.9. The Bertz CT molecular complexity index is 601. The molecule has 2 rings (SSSR count). The molecule has 0 saturated carbocycles. The molecule has 0 heterocycles. The van der Waals surface area contributed by atoms with Gasteiger partial charge in [0, 0.05) is 18.8 Å². The second-order valence-electron chi connectivity index (χ2n) is 6.56. The number of ether oxygens (including phenoxy) is 2. The van der Waals surface area contributed by atoms with E-state index in [1.807, 2.05) is 53.7 Å². The van der Waals surface area contributed by atoms with Gasteiger partial charge < -0.3 is 14.6 Å². The molecule has 2 aromatic carbocycles. The first-order valence-corrected chi connectivity index (χ1v) is 9.88. The molecule has 1 unspecified atom stereocenters. The van der Waals surface area contributed by atoms with E-state index in [1.54, 1.807) is 48.5 Å². The molecule has 0 spiro atoms. The number of hydrogen-bond donors (Lipinski definition) is 1. The summed E-state index contributed by atoms with van der Waals surface area (Å²) in [5.41, 5.74) is 1.15. The molecule has 28 heavy (non-hydrogen) atoms. The largest absolute Gasteiger partial charge is 0.382 e. The fourth-order valence-corrected chi connectivity index (χ4v) is 2.30. The third kappa shape index (κ3) is 12.4. The maximum Gasteiger partial charge on any atom is 0.195 e. The fourth-order valence-electron chi connectivity index (χ4n) is 2.30. The Morgan fingerprint density at radius 2 is 1.25 bits per heavy atom. The van der Waals surface area contributed by atoms with E-state index in [9.17, 15) is 9.90 Å². The summed E-state index contributed by atoms with van der Waals surface area (Å²) in [5, 5.41) is 9.89. The van der Waals surface area contributed by atoms with Crippen LogP contribution in [0.4, 0.5) is 0 Å². The molecule has 0 bridgehead atoms. The highest BCUT2D eigenvalue weighted by atomic mass is 16.5. The summed E-state index contributed by atoms with van der Waals surface area (Å²) in [6.07, 6.45) is -0.330. The third-order valence-corrected chi connectivity index (χ3v) is 3.37. The van der Waals surface area contributed by atoms with Crippen molar-refractivity contribution in [3.05, 3.63) is 71.8 Å². The molecular formula is C24H36O4. The van der Waals surface area contributed by atoms with Crippen LogP contribution in [-0.4, -0.2) is 36.3 Å². The van der Waals surface area contributed by atoms with E-state index in [0.29, 0.717) is 23.3 Å². The molecule has 156 valence electrons. The number of carbonyl (C=O) groups is 1. The van der Waals surface area contributed by atoms with E-state index in [4.69, 9.17) is 9.47 Å². The van der Waals surface area contributed by atoms with Crippen molar-refractivity contribution in [2.24, 2.45) is 0 Å². The minimum atomic E-state index is -1.08. The molecule has 1 atom stereocenters. The van der Waals surface area contributed by atoms with Gasteiger partial charge >= 0.3 is 0 Å². The van der Waals surface area contributed by atoms with Gasteiger partial charge in [0.1, 0.15) is 6.10 Å². The predicted octanol–water partition coefficient (Wildman–Crippen LogP) is 5.47. The number of aliphatic hydroxyl groups excluding tert-OH is 1. The molecule has 0 aliphatic rings. The van der Waals surface area contributed by atoms with Crippen molar-refractivity contribution in [2.75, 3.05) is 13.2 Å². The van der Waals surface area contributed by atoms with Crippen LogP contribution in [0.15, 0.2) is 60.7 Å². The monoisotopic (exact) mass is 388 g/mol. The number of ketones is 1. The highest BCUT2D eigenvalue weighted by molar-refractivity contribution is 5.99. The summed E-state index contributed by atoms with van der Waals surface area (Å²) in [6, 6.07) is 17.7. The normalized spacial score (nSPS) is 11.2. The van der Waals surface area contributed by atoms with Crippen molar-refractivity contribution >= 4 is 5.78 Å². The van der Waals surface area contributed by atoms with Gasteiger partial charge in [-0.2, -0.15) is 0 Å². The lowest BCUT2D eigenvalue weighted by atomic mass is 10.0. The van der Waals surface area contributed by atoms with Crippen LogP contribution >= 0.6 is 0 Å². The molecular weight excluding hydrogens is 352 g/mol. The number of benzene rings is 2. The molecule has 1 N–H and O–H groups in total. The third-order valence-electron chi connectivity index (χ3n) is 3.37. The summed E-state index contributed by atoms with van der Waals surface area (Å²) in [5.74, 6) is -0.271. The summed E-state index contributed by atoms with van der Waals surface area (Å²) in [4.78, 5) is 11.9. The smallest absolute Gasteiger partial charge is 0.195 e. The van der Waals surface area contributed by atoms with Gasteiger partial charge in [0.15, 0.2) is 5.78 Å². The van der Waals surface area contributed by atoms with Crippen LogP contribution in [-0.2, 0) is 9.47 Å². The van der Waals surface area contributed by atoms with Gasteiger partial charge in [-0.15, -0.1) is 0 Å². The van der Waals surface area contributed by atoms with Crippen molar-refractivity contribution in [3.63, 3.8) is 0 Å². The highest BCUT2D eigenvalue weighted by Crippen LogP contribution is 2.17. The molecule has 0 aliphatic carbocycles. The minimum Gasteiger partial charge on any atom is -0.382 e. The predicted molar refractivity (Wildman–Crippen MR) is 116 cm³/mol. The van der Waals surface area contributed by atoms with Crippen molar-refractivity contribution in [3.8, 4) is 0 Å². The number of carbonyl (C=O) groups excluding carboxylic acids is 1. The maximum absolute atomic E-state index is 11.9. The number of aliphatic hydroxyl groups is 1. The van der Waals surface area contributed by atoms with Crippen LogP contribution in [0.1, 0.15) is 63.6 Å². The standard InChI is InChI=1S/C14H12O2.C6H14O.C4H10O/c15-13(11-7-3-1-4-8-11)14(16)12-9-5-2-6-10-12;1-5(2)7-6(3)4;1-3-5-4-2/h1-10,13,15H;5-6H,1-4H3;3-4H2,1-2H3. The molecule has 2 aromatic rings. The molecule has 4 nitrogen and oxygen atoms in total. The zero-order valence-corrected chi connectivity index (χ0v) is 18.1. The van der Waals surface area contributed by atoms with Gasteiger partial charge in [-0.1, -0.05) is 60.7 Å². The molecule has 0 fully saturated rings. The summed E-state index contributed by atoms with van der Waals surface area (Å²) < 4.78 is 10.1. The van der Waals surface area contributed by atoms with Gasteiger partial charge in [-0.25, -0.2) is 0 Å². The first-order chi connectivity index (χ1) is 13.3. The van der Waals surface area contributed by atoms with Crippen LogP contribution in [0.5, 0.6) is 0 Å². The Morgan fingerprint density at radius 3 is 1.57 bits per heavy atom. The number of Topliss-reactive ketones (excluding diaryl/α,β-unsaturated/α-hetero) is 1. The van der Waals surface area contributed by atoms with E-state index in [2.05, 4.69) is 0 Å². The molecule has 0 radical (unpaired) electrons. The molecule has 4 heteroatoms. The molecule has 0 saturated heterocycles. The Balaban J connectivity index is 0.000000507. The average Bonchev–Trinajstić information content (AvgIpc) is 2.69. The Labute approximate surface area is 170 Å². The van der Waals surface area contributed by atoms with Gasteiger partial charge in [0.25, 0.3) is 0 Å². The van der Waals surface area contributed by atoms with Crippen molar-refractivity contribution in [1.29, 1.82) is 0 Å². The van der Waals surface area contributed by atoms with Gasteiger partial charge in [-0.3, -0.25) is 4.79 Å². The highest BCUT2D eigenvalue weighted by Gasteiger charge is 2.18. The minimum absolute atomic E-state index is 0.271. The first-order valence-electron chi connectivity index (χ1n) is 9.88. The molecule has 0 aromatic heterocycles. The summed E-state index contributed by atoms with van der Waals surface area (Å²) in [7, 11) is 0. The summed E-state index contributed by atoms with van der Waals surface area (Å²) in [6.45, 7) is 13.8. The SMILES string of the molecule is CC(C)OC(C)C.CCOCC.O=C(c1ccccc1)C(O)c1ccccc1. The van der Waals surface area contributed by atoms with Crippen LogP contribution < -0.4 is 0 Å². The van der Waals surface area contributed by atoms with Gasteiger partial charge in [0.05, 0.1) is 12.2 Å². The van der Waals surface area contributed by atoms with Crippen LogP contribution in [0.2, 0.25) is 0 Å². The van der Waals surface area contributed by atoms with E-state index in [0.717, 1.165) is 13.2 Å². The van der Waals surface area contributed by atoms with Gasteiger partial charge in [-0.05, 0) is 47.1 Å².